The zero-order valence-electron chi connectivity index (χ0n) is 17.1. The molecule has 0 bridgehead atoms. The maximum absolute atomic E-state index is 12.4. The Morgan fingerprint density at radius 3 is 2.24 bits per heavy atom. The Kier molecular flexibility index (Phi) is 6.95. The van der Waals surface area contributed by atoms with Gasteiger partial charge >= 0.3 is 0 Å². The van der Waals surface area contributed by atoms with Crippen molar-refractivity contribution in [1.82, 2.24) is 0 Å². The fourth-order valence-electron chi connectivity index (χ4n) is 2.85. The zero-order valence-corrected chi connectivity index (χ0v) is 17.1. The van der Waals surface area contributed by atoms with E-state index in [1.807, 2.05) is 31.2 Å². The molecule has 0 radical (unpaired) electrons. The summed E-state index contributed by atoms with van der Waals surface area (Å²) in [4.78, 5) is 12.4. The van der Waals surface area contributed by atoms with Gasteiger partial charge in [-0.05, 0) is 73.4 Å². The van der Waals surface area contributed by atoms with E-state index in [1.54, 1.807) is 24.3 Å². The quantitative estimate of drug-likeness (QED) is 0.483. The van der Waals surface area contributed by atoms with Gasteiger partial charge in [0, 0.05) is 5.69 Å². The highest BCUT2D eigenvalue weighted by Crippen LogP contribution is 2.22. The Morgan fingerprint density at radius 2 is 1.59 bits per heavy atom. The van der Waals surface area contributed by atoms with E-state index in [0.29, 0.717) is 24.0 Å². The number of nitrogens with one attached hydrogen (secondary N) is 1. The van der Waals surface area contributed by atoms with Gasteiger partial charge in [-0.3, -0.25) is 4.79 Å². The Morgan fingerprint density at radius 1 is 0.931 bits per heavy atom. The first-order valence-electron chi connectivity index (χ1n) is 9.94. The second-order valence-electron chi connectivity index (χ2n) is 6.84. The molecule has 0 saturated heterocycles. The van der Waals surface area contributed by atoms with Crippen LogP contribution in [0.4, 0.5) is 5.69 Å². The first-order valence-corrected chi connectivity index (χ1v) is 9.94. The predicted octanol–water partition coefficient (Wildman–Crippen LogP) is 6.02. The Labute approximate surface area is 171 Å². The minimum atomic E-state index is -0.307. The van der Waals surface area contributed by atoms with Crippen LogP contribution in [0, 0.1) is 0 Å². The molecular weight excluding hydrogens is 366 g/mol. The number of carbonyl (C=O) groups excluding carboxylic acids is 1. The number of hydrogen-bond donors (Lipinski definition) is 1. The van der Waals surface area contributed by atoms with E-state index < -0.39 is 0 Å². The van der Waals surface area contributed by atoms with Crippen LogP contribution in [-0.2, 0) is 6.61 Å². The molecule has 29 heavy (non-hydrogen) atoms. The van der Waals surface area contributed by atoms with Gasteiger partial charge < -0.3 is 19.2 Å². The number of hydrogen-bond acceptors (Lipinski definition) is 4. The van der Waals surface area contributed by atoms with E-state index in [2.05, 4.69) is 31.3 Å². The van der Waals surface area contributed by atoms with E-state index in [1.165, 1.54) is 5.56 Å². The molecule has 0 saturated carbocycles. The lowest BCUT2D eigenvalue weighted by Crippen LogP contribution is -2.10. The summed E-state index contributed by atoms with van der Waals surface area (Å²) in [6, 6.07) is 18.7. The molecule has 5 heteroatoms. The summed E-state index contributed by atoms with van der Waals surface area (Å²) in [5.41, 5.74) is 1.97. The third-order valence-electron chi connectivity index (χ3n) is 4.75. The second kappa shape index (κ2) is 9.82. The molecule has 1 aromatic heterocycles. The summed E-state index contributed by atoms with van der Waals surface area (Å²) in [6.45, 7) is 7.17. The molecule has 1 N–H and O–H groups in total. The monoisotopic (exact) mass is 393 g/mol. The minimum absolute atomic E-state index is 0.240. The van der Waals surface area contributed by atoms with E-state index in [-0.39, 0.29) is 18.3 Å². The van der Waals surface area contributed by atoms with E-state index in [4.69, 9.17) is 13.9 Å². The molecule has 1 amide bonds. The average Bonchev–Trinajstić information content (AvgIpc) is 3.23. The van der Waals surface area contributed by atoms with Gasteiger partial charge in [0.2, 0.25) is 0 Å². The standard InChI is InChI=1S/C24H27NO4/c1-4-17(3)18-6-10-21(11-7-18)28-16-22-14-15-23(29-22)24(26)25-19-8-12-20(13-9-19)27-5-2/h6-15,17H,4-5,16H2,1-3H3,(H,25,26). The maximum Gasteiger partial charge on any atom is 0.291 e. The number of amides is 1. The van der Waals surface area contributed by atoms with Crippen molar-refractivity contribution in [2.24, 2.45) is 0 Å². The molecule has 1 heterocycles. The maximum atomic E-state index is 12.4. The summed E-state index contributed by atoms with van der Waals surface area (Å²) in [6.07, 6.45) is 1.11. The molecule has 1 unspecified atom stereocenters. The Hall–Kier alpha value is -3.21. The number of ether oxygens (including phenoxy) is 2. The molecule has 1 atom stereocenters. The van der Waals surface area contributed by atoms with Crippen LogP contribution < -0.4 is 14.8 Å². The fourth-order valence-corrected chi connectivity index (χ4v) is 2.85. The van der Waals surface area contributed by atoms with Crippen LogP contribution in [0.25, 0.3) is 0 Å². The first-order chi connectivity index (χ1) is 14.1. The molecule has 3 rings (SSSR count). The van der Waals surface area contributed by atoms with Gasteiger partial charge in [-0.15, -0.1) is 0 Å². The van der Waals surface area contributed by atoms with Gasteiger partial charge in [0.05, 0.1) is 6.61 Å². The number of furan rings is 1. The third-order valence-corrected chi connectivity index (χ3v) is 4.75. The summed E-state index contributed by atoms with van der Waals surface area (Å²) in [7, 11) is 0. The molecule has 3 aromatic rings. The van der Waals surface area contributed by atoms with Crippen molar-refractivity contribution in [1.29, 1.82) is 0 Å². The average molecular weight is 393 g/mol. The topological polar surface area (TPSA) is 60.7 Å². The molecule has 0 aliphatic rings. The van der Waals surface area contributed by atoms with E-state index >= 15 is 0 Å². The van der Waals surface area contributed by atoms with Crippen LogP contribution in [0.3, 0.4) is 0 Å². The molecule has 0 spiro atoms. The van der Waals surface area contributed by atoms with Crippen molar-refractivity contribution < 1.29 is 18.7 Å². The van der Waals surface area contributed by atoms with Gasteiger partial charge in [-0.25, -0.2) is 0 Å². The Bertz CT molecular complexity index is 913. The summed E-state index contributed by atoms with van der Waals surface area (Å²) < 4.78 is 16.8. The lowest BCUT2D eigenvalue weighted by molar-refractivity contribution is 0.0992. The smallest absolute Gasteiger partial charge is 0.291 e. The zero-order chi connectivity index (χ0) is 20.6. The lowest BCUT2D eigenvalue weighted by atomic mass is 9.99. The van der Waals surface area contributed by atoms with Gasteiger partial charge in [0.1, 0.15) is 23.9 Å². The largest absolute Gasteiger partial charge is 0.494 e. The van der Waals surface area contributed by atoms with E-state index in [9.17, 15) is 4.79 Å². The highest BCUT2D eigenvalue weighted by Gasteiger charge is 2.12. The van der Waals surface area contributed by atoms with Crippen molar-refractivity contribution in [3.8, 4) is 11.5 Å². The number of benzene rings is 2. The third kappa shape index (κ3) is 5.64. The SMILES string of the molecule is CCOc1ccc(NC(=O)c2ccc(COc3ccc(C(C)CC)cc3)o2)cc1. The summed E-state index contributed by atoms with van der Waals surface area (Å²) >= 11 is 0. The normalized spacial score (nSPS) is 11.7. The van der Waals surface area contributed by atoms with Crippen molar-refractivity contribution in [3.05, 3.63) is 77.7 Å². The van der Waals surface area contributed by atoms with Gasteiger partial charge in [-0.2, -0.15) is 0 Å². The van der Waals surface area contributed by atoms with Crippen LogP contribution in [0.5, 0.6) is 11.5 Å². The molecule has 5 nitrogen and oxygen atoms in total. The summed E-state index contributed by atoms with van der Waals surface area (Å²) in [5.74, 6) is 2.59. The van der Waals surface area contributed by atoms with Crippen LogP contribution in [0.15, 0.2) is 65.1 Å². The van der Waals surface area contributed by atoms with E-state index in [0.717, 1.165) is 17.9 Å². The van der Waals surface area contributed by atoms with Gasteiger partial charge in [-0.1, -0.05) is 26.0 Å². The van der Waals surface area contributed by atoms with Crippen molar-refractivity contribution in [2.45, 2.75) is 39.7 Å². The molecular formula is C24H27NO4. The summed E-state index contributed by atoms with van der Waals surface area (Å²) in [5, 5.41) is 2.81. The molecule has 2 aromatic carbocycles. The second-order valence-corrected chi connectivity index (χ2v) is 6.84. The van der Waals surface area contributed by atoms with Crippen LogP contribution in [0.2, 0.25) is 0 Å². The number of carbonyl (C=O) groups is 1. The number of anilines is 1. The van der Waals surface area contributed by atoms with Gasteiger partial charge in [0.15, 0.2) is 5.76 Å². The highest BCUT2D eigenvalue weighted by molar-refractivity contribution is 6.02. The molecule has 0 aliphatic carbocycles. The Balaban J connectivity index is 1.53. The molecule has 0 fully saturated rings. The molecule has 152 valence electrons. The highest BCUT2D eigenvalue weighted by atomic mass is 16.5. The van der Waals surface area contributed by atoms with Crippen LogP contribution in [-0.4, -0.2) is 12.5 Å². The lowest BCUT2D eigenvalue weighted by Gasteiger charge is -2.10. The first kappa shape index (κ1) is 20.5. The van der Waals surface area contributed by atoms with Gasteiger partial charge in [0.25, 0.3) is 5.91 Å². The van der Waals surface area contributed by atoms with Crippen LogP contribution >= 0.6 is 0 Å². The van der Waals surface area contributed by atoms with Crippen molar-refractivity contribution >= 4 is 11.6 Å². The number of rotatable bonds is 9. The van der Waals surface area contributed by atoms with Crippen molar-refractivity contribution in [2.75, 3.05) is 11.9 Å². The van der Waals surface area contributed by atoms with Crippen LogP contribution in [0.1, 0.15) is 55.0 Å². The predicted molar refractivity (Wildman–Crippen MR) is 114 cm³/mol. The van der Waals surface area contributed by atoms with Crippen molar-refractivity contribution in [3.63, 3.8) is 0 Å². The molecule has 0 aliphatic heterocycles. The minimum Gasteiger partial charge on any atom is -0.494 e. The fraction of sp³-hybridized carbons (Fsp3) is 0.292.